The van der Waals surface area contributed by atoms with Gasteiger partial charge in [0.2, 0.25) is 5.91 Å². The van der Waals surface area contributed by atoms with Gasteiger partial charge >= 0.3 is 5.97 Å². The van der Waals surface area contributed by atoms with E-state index in [0.717, 1.165) is 11.3 Å². The number of carboxylic acids is 1. The molecule has 0 saturated heterocycles. The predicted octanol–water partition coefficient (Wildman–Crippen LogP) is 3.46. The van der Waals surface area contributed by atoms with Crippen LogP contribution in [0, 0.1) is 5.92 Å². The smallest absolute Gasteiger partial charge is 0.308 e. The normalized spacial score (nSPS) is 21.2. The first kappa shape index (κ1) is 16.5. The summed E-state index contributed by atoms with van der Waals surface area (Å²) in [6.45, 7) is 0. The lowest BCUT2D eigenvalue weighted by Gasteiger charge is -2.17. The summed E-state index contributed by atoms with van der Waals surface area (Å²) in [6.07, 6.45) is 2.16. The van der Waals surface area contributed by atoms with Gasteiger partial charge in [-0.3, -0.25) is 9.59 Å². The molecule has 0 aliphatic heterocycles. The second-order valence-corrected chi connectivity index (χ2v) is 6.77. The molecule has 4 nitrogen and oxygen atoms in total. The van der Waals surface area contributed by atoms with Gasteiger partial charge in [-0.15, -0.1) is 11.8 Å². The zero-order valence-electron chi connectivity index (χ0n) is 11.1. The fraction of sp³-hybridized carbons (Fsp3) is 0.429. The van der Waals surface area contributed by atoms with Gasteiger partial charge in [0.15, 0.2) is 0 Å². The fourth-order valence-electron chi connectivity index (χ4n) is 2.41. The molecule has 0 heterocycles. The summed E-state index contributed by atoms with van der Waals surface area (Å²) in [6, 6.07) is 4.80. The Morgan fingerprint density at radius 1 is 1.33 bits per heavy atom. The highest BCUT2D eigenvalue weighted by molar-refractivity contribution is 8.00. The molecule has 0 aromatic heterocycles. The Bertz CT molecular complexity index is 553. The average Bonchev–Trinajstić information content (AvgIpc) is 2.88. The SMILES string of the molecule is O=C(CSc1cc(Cl)ccc1Cl)N[C@H]1CCC[C@H]1C(=O)O. The van der Waals surface area contributed by atoms with E-state index in [9.17, 15) is 9.59 Å². The summed E-state index contributed by atoms with van der Waals surface area (Å²) in [5.74, 6) is -1.32. The maximum Gasteiger partial charge on any atom is 0.308 e. The van der Waals surface area contributed by atoms with Gasteiger partial charge in [0.1, 0.15) is 0 Å². The van der Waals surface area contributed by atoms with Crippen LogP contribution in [-0.2, 0) is 9.59 Å². The van der Waals surface area contributed by atoms with Crippen molar-refractivity contribution in [1.82, 2.24) is 5.32 Å². The summed E-state index contributed by atoms with van der Waals surface area (Å²) in [5.41, 5.74) is 0. The van der Waals surface area contributed by atoms with E-state index in [1.54, 1.807) is 18.2 Å². The van der Waals surface area contributed by atoms with Gasteiger partial charge in [-0.25, -0.2) is 0 Å². The molecule has 1 aromatic carbocycles. The van der Waals surface area contributed by atoms with Gasteiger partial charge in [-0.2, -0.15) is 0 Å². The van der Waals surface area contributed by atoms with Crippen molar-refractivity contribution in [3.8, 4) is 0 Å². The van der Waals surface area contributed by atoms with Crippen LogP contribution in [0.2, 0.25) is 10.0 Å². The van der Waals surface area contributed by atoms with Gasteiger partial charge in [-0.1, -0.05) is 29.6 Å². The first-order valence-electron chi connectivity index (χ1n) is 6.57. The molecule has 114 valence electrons. The van der Waals surface area contributed by atoms with Gasteiger partial charge in [0.25, 0.3) is 0 Å². The Morgan fingerprint density at radius 3 is 2.81 bits per heavy atom. The molecule has 2 atom stereocenters. The third kappa shape index (κ3) is 4.53. The van der Waals surface area contributed by atoms with E-state index in [4.69, 9.17) is 28.3 Å². The first-order valence-corrected chi connectivity index (χ1v) is 8.31. The van der Waals surface area contributed by atoms with Crippen LogP contribution in [0.1, 0.15) is 19.3 Å². The van der Waals surface area contributed by atoms with Crippen LogP contribution in [0.5, 0.6) is 0 Å². The first-order chi connectivity index (χ1) is 9.97. The summed E-state index contributed by atoms with van der Waals surface area (Å²) in [7, 11) is 0. The molecular weight excluding hydrogens is 333 g/mol. The van der Waals surface area contributed by atoms with Gasteiger partial charge in [0, 0.05) is 16.0 Å². The van der Waals surface area contributed by atoms with Crippen molar-refractivity contribution >= 4 is 46.8 Å². The largest absolute Gasteiger partial charge is 0.481 e. The summed E-state index contributed by atoms with van der Waals surface area (Å²) in [5, 5.41) is 13.0. The number of hydrogen-bond donors (Lipinski definition) is 2. The highest BCUT2D eigenvalue weighted by atomic mass is 35.5. The lowest BCUT2D eigenvalue weighted by Crippen LogP contribution is -2.41. The maximum atomic E-state index is 11.9. The number of aliphatic carboxylic acids is 1. The highest BCUT2D eigenvalue weighted by Crippen LogP contribution is 2.30. The van der Waals surface area contributed by atoms with E-state index < -0.39 is 11.9 Å². The molecule has 2 rings (SSSR count). The summed E-state index contributed by atoms with van der Waals surface area (Å²) in [4.78, 5) is 23.7. The molecule has 2 N–H and O–H groups in total. The molecule has 1 aliphatic carbocycles. The zero-order valence-corrected chi connectivity index (χ0v) is 13.5. The van der Waals surface area contributed by atoms with Crippen LogP contribution >= 0.6 is 35.0 Å². The van der Waals surface area contributed by atoms with Gasteiger partial charge < -0.3 is 10.4 Å². The standard InChI is InChI=1S/C14H15Cl2NO3S/c15-8-4-5-10(16)12(6-8)21-7-13(18)17-11-3-1-2-9(11)14(19)20/h4-6,9,11H,1-3,7H2,(H,17,18)(H,19,20)/t9-,11+/m1/s1. The second kappa shape index (κ2) is 7.38. The molecule has 0 spiro atoms. The lowest BCUT2D eigenvalue weighted by atomic mass is 10.0. The van der Waals surface area contributed by atoms with E-state index in [2.05, 4.69) is 5.32 Å². The highest BCUT2D eigenvalue weighted by Gasteiger charge is 2.33. The van der Waals surface area contributed by atoms with Crippen LogP contribution < -0.4 is 5.32 Å². The molecule has 1 amide bonds. The second-order valence-electron chi connectivity index (χ2n) is 4.91. The number of carbonyl (C=O) groups is 2. The Kier molecular flexibility index (Phi) is 5.79. The molecule has 1 aromatic rings. The Balaban J connectivity index is 1.87. The minimum absolute atomic E-state index is 0.183. The molecule has 7 heteroatoms. The van der Waals surface area contributed by atoms with E-state index in [1.807, 2.05) is 0 Å². The van der Waals surface area contributed by atoms with Gasteiger partial charge in [0.05, 0.1) is 16.7 Å². The Hall–Kier alpha value is -0.910. The Labute approximate surface area is 137 Å². The van der Waals surface area contributed by atoms with Crippen molar-refractivity contribution in [3.05, 3.63) is 28.2 Å². The third-order valence-electron chi connectivity index (χ3n) is 3.43. The van der Waals surface area contributed by atoms with Crippen molar-refractivity contribution in [2.75, 3.05) is 5.75 Å². The van der Waals surface area contributed by atoms with Crippen LogP contribution in [-0.4, -0.2) is 28.8 Å². The van der Waals surface area contributed by atoms with Crippen molar-refractivity contribution in [2.45, 2.75) is 30.2 Å². The van der Waals surface area contributed by atoms with Crippen molar-refractivity contribution in [3.63, 3.8) is 0 Å². The minimum Gasteiger partial charge on any atom is -0.481 e. The van der Waals surface area contributed by atoms with Crippen LogP contribution in [0.4, 0.5) is 0 Å². The maximum absolute atomic E-state index is 11.9. The number of amides is 1. The topological polar surface area (TPSA) is 66.4 Å². The van der Waals surface area contributed by atoms with E-state index in [-0.39, 0.29) is 17.7 Å². The summed E-state index contributed by atoms with van der Waals surface area (Å²) >= 11 is 13.2. The molecular formula is C14H15Cl2NO3S. The summed E-state index contributed by atoms with van der Waals surface area (Å²) < 4.78 is 0. The number of carbonyl (C=O) groups excluding carboxylic acids is 1. The monoisotopic (exact) mass is 347 g/mol. The number of hydrogen-bond acceptors (Lipinski definition) is 3. The van der Waals surface area contributed by atoms with E-state index in [1.165, 1.54) is 11.8 Å². The lowest BCUT2D eigenvalue weighted by molar-refractivity contribution is -0.142. The van der Waals surface area contributed by atoms with Crippen molar-refractivity contribution < 1.29 is 14.7 Å². The fourth-order valence-corrected chi connectivity index (χ4v) is 3.71. The molecule has 1 saturated carbocycles. The number of carboxylic acid groups (broad SMARTS) is 1. The van der Waals surface area contributed by atoms with E-state index in [0.29, 0.717) is 22.9 Å². The van der Waals surface area contributed by atoms with Crippen molar-refractivity contribution in [1.29, 1.82) is 0 Å². The minimum atomic E-state index is -0.844. The number of thioether (sulfide) groups is 1. The van der Waals surface area contributed by atoms with Crippen LogP contribution in [0.25, 0.3) is 0 Å². The number of nitrogens with one attached hydrogen (secondary N) is 1. The van der Waals surface area contributed by atoms with E-state index >= 15 is 0 Å². The van der Waals surface area contributed by atoms with Crippen molar-refractivity contribution in [2.24, 2.45) is 5.92 Å². The molecule has 0 unspecified atom stereocenters. The quantitative estimate of drug-likeness (QED) is 0.800. The number of halogens is 2. The van der Waals surface area contributed by atoms with Crippen LogP contribution in [0.15, 0.2) is 23.1 Å². The molecule has 21 heavy (non-hydrogen) atoms. The molecule has 1 aliphatic rings. The molecule has 0 bridgehead atoms. The molecule has 1 fully saturated rings. The molecule has 0 radical (unpaired) electrons. The number of benzene rings is 1. The average molecular weight is 348 g/mol. The van der Waals surface area contributed by atoms with Crippen LogP contribution in [0.3, 0.4) is 0 Å². The zero-order chi connectivity index (χ0) is 15.4. The predicted molar refractivity (Wildman–Crippen MR) is 84.1 cm³/mol. The third-order valence-corrected chi connectivity index (χ3v) is 5.16. The number of rotatable bonds is 5. The van der Waals surface area contributed by atoms with Gasteiger partial charge in [-0.05, 0) is 31.0 Å². The Morgan fingerprint density at radius 2 is 2.10 bits per heavy atom.